The van der Waals surface area contributed by atoms with Gasteiger partial charge in [-0.05, 0) is 0 Å². The van der Waals surface area contributed by atoms with E-state index in [1.165, 1.54) is 9.47 Å². The molecule has 0 amide bonds. The van der Waals surface area contributed by atoms with Gasteiger partial charge in [0.15, 0.2) is 0 Å². The Balaban J connectivity index is 5.18. The molecule has 0 aliphatic rings. The van der Waals surface area contributed by atoms with Crippen molar-refractivity contribution in [3.63, 3.8) is 0 Å². The van der Waals surface area contributed by atoms with E-state index in [4.69, 9.17) is 0 Å². The molecule has 14 heteroatoms. The summed E-state index contributed by atoms with van der Waals surface area (Å²) in [5, 5.41) is 0. The summed E-state index contributed by atoms with van der Waals surface area (Å²) in [6, 6.07) is 0. The Morgan fingerprint density at radius 2 is 0.737 bits per heavy atom. The molecule has 116 valence electrons. The van der Waals surface area contributed by atoms with E-state index in [0.29, 0.717) is 0 Å². The molecule has 0 aromatic carbocycles. The van der Waals surface area contributed by atoms with E-state index < -0.39 is 30.9 Å². The first-order valence-corrected chi connectivity index (χ1v) is 3.58. The molecule has 0 saturated carbocycles. The van der Waals surface area contributed by atoms with Gasteiger partial charge in [-0.15, -0.1) is 13.2 Å². The van der Waals surface area contributed by atoms with Crippen molar-refractivity contribution in [2.24, 2.45) is 0 Å². The van der Waals surface area contributed by atoms with Crippen LogP contribution in [-0.2, 0) is 9.47 Å². The van der Waals surface area contributed by atoms with Crippen LogP contribution in [0.3, 0.4) is 0 Å². The van der Waals surface area contributed by atoms with Crippen LogP contribution in [0.5, 0.6) is 0 Å². The molecule has 0 rings (SSSR count). The van der Waals surface area contributed by atoms with Crippen molar-refractivity contribution in [1.29, 1.82) is 0 Å². The topological polar surface area (TPSA) is 18.5 Å². The second-order valence-corrected chi connectivity index (χ2v) is 2.70. The normalized spacial score (nSPS) is 15.8. The molecule has 0 radical (unpaired) electrons. The van der Waals surface area contributed by atoms with Gasteiger partial charge in [0, 0.05) is 0 Å². The Morgan fingerprint density at radius 3 is 1.00 bits per heavy atom. The molecule has 0 aliphatic heterocycles. The van der Waals surface area contributed by atoms with Gasteiger partial charge >= 0.3 is 30.9 Å². The average Bonchev–Trinajstić information content (AvgIpc) is 1.92. The lowest BCUT2D eigenvalue weighted by molar-refractivity contribution is -0.547. The van der Waals surface area contributed by atoms with E-state index in [2.05, 4.69) is 0 Å². The van der Waals surface area contributed by atoms with Crippen molar-refractivity contribution >= 4 is 0 Å². The molecule has 0 aliphatic carbocycles. The summed E-state index contributed by atoms with van der Waals surface area (Å²) < 4.78 is 143. The van der Waals surface area contributed by atoms with E-state index in [1.807, 2.05) is 0 Å². The monoisotopic (exact) mass is 320 g/mol. The van der Waals surface area contributed by atoms with Crippen LogP contribution in [0.15, 0.2) is 0 Å². The number of hydrogen-bond acceptors (Lipinski definition) is 2. The zero-order valence-corrected chi connectivity index (χ0v) is 7.85. The van der Waals surface area contributed by atoms with Crippen LogP contribution in [0.2, 0.25) is 0 Å². The Bertz CT molecular complexity index is 313. The average molecular weight is 320 g/mol. The number of ether oxygens (including phenoxy) is 2. The maximum absolute atomic E-state index is 12.2. The highest BCUT2D eigenvalue weighted by Crippen LogP contribution is 2.47. The van der Waals surface area contributed by atoms with Crippen LogP contribution in [0.4, 0.5) is 52.7 Å². The fourth-order valence-electron chi connectivity index (χ4n) is 0.483. The number of rotatable bonds is 4. The van der Waals surface area contributed by atoms with E-state index >= 15 is 0 Å². The minimum absolute atomic E-state index is 1.43. The number of halogens is 12. The maximum Gasteiger partial charge on any atom is 0.527 e. The van der Waals surface area contributed by atoms with E-state index in [9.17, 15) is 52.7 Å². The van der Waals surface area contributed by atoms with Crippen LogP contribution in [0, 0.1) is 0 Å². The summed E-state index contributed by atoms with van der Waals surface area (Å²) in [6.07, 6.45) is -33.8. The van der Waals surface area contributed by atoms with Crippen LogP contribution >= 0.6 is 0 Å². The summed E-state index contributed by atoms with van der Waals surface area (Å²) in [6.45, 7) is 0. The minimum atomic E-state index is -6.90. The summed E-state index contributed by atoms with van der Waals surface area (Å²) in [5.74, 6) is 0. The lowest BCUT2D eigenvalue weighted by Gasteiger charge is -2.29. The summed E-state index contributed by atoms with van der Waals surface area (Å²) in [7, 11) is 0. The SMILES string of the molecule is FC(F)(F)OC(F)(F)C(F)(F)OC(F)(F)C(F)(F)F. The molecule has 0 saturated heterocycles. The summed E-state index contributed by atoms with van der Waals surface area (Å²) in [4.78, 5) is 0. The van der Waals surface area contributed by atoms with Crippen molar-refractivity contribution < 1.29 is 62.2 Å². The quantitative estimate of drug-likeness (QED) is 0.732. The smallest absolute Gasteiger partial charge is 0.241 e. The molecule has 2 nitrogen and oxygen atoms in total. The Morgan fingerprint density at radius 1 is 0.421 bits per heavy atom. The molecule has 0 spiro atoms. The zero-order valence-electron chi connectivity index (χ0n) is 7.85. The largest absolute Gasteiger partial charge is 0.527 e. The second-order valence-electron chi connectivity index (χ2n) is 2.70. The third-order valence-electron chi connectivity index (χ3n) is 1.17. The third-order valence-corrected chi connectivity index (χ3v) is 1.17. The first-order chi connectivity index (χ1) is 7.91. The molecule has 0 aromatic heterocycles. The van der Waals surface area contributed by atoms with Gasteiger partial charge in [-0.25, -0.2) is 9.47 Å². The van der Waals surface area contributed by atoms with E-state index in [-0.39, 0.29) is 0 Å². The zero-order chi connectivity index (χ0) is 15.9. The van der Waals surface area contributed by atoms with Gasteiger partial charge in [-0.2, -0.15) is 39.5 Å². The predicted octanol–water partition coefficient (Wildman–Crippen LogP) is 3.88. The molecule has 0 atom stereocenters. The Labute approximate surface area is 94.4 Å². The van der Waals surface area contributed by atoms with Crippen LogP contribution in [-0.4, -0.2) is 30.9 Å². The third kappa shape index (κ3) is 4.59. The van der Waals surface area contributed by atoms with Crippen LogP contribution in [0.25, 0.3) is 0 Å². The molecular formula is C5F12O2. The molecule has 0 fully saturated rings. The highest BCUT2D eigenvalue weighted by atomic mass is 19.4. The molecule has 0 N–H and O–H groups in total. The Kier molecular flexibility index (Phi) is 4.35. The maximum atomic E-state index is 12.2. The fraction of sp³-hybridized carbons (Fsp3) is 1.00. The lowest BCUT2D eigenvalue weighted by Crippen LogP contribution is -2.54. The molecule has 0 bridgehead atoms. The van der Waals surface area contributed by atoms with Gasteiger partial charge in [0.1, 0.15) is 0 Å². The molecule has 0 unspecified atom stereocenters. The van der Waals surface area contributed by atoms with Crippen LogP contribution in [0.1, 0.15) is 0 Å². The van der Waals surface area contributed by atoms with Gasteiger partial charge in [-0.1, -0.05) is 0 Å². The predicted molar refractivity (Wildman–Crippen MR) is 29.1 cm³/mol. The first-order valence-electron chi connectivity index (χ1n) is 3.58. The standard InChI is InChI=1S/C5F12O2/c6-1(7,8)2(9,10)18-3(11,12)4(13,14)19-5(15,16)17. The fourth-order valence-corrected chi connectivity index (χ4v) is 0.483. The first kappa shape index (κ1) is 18.1. The molecule has 19 heavy (non-hydrogen) atoms. The minimum Gasteiger partial charge on any atom is -0.241 e. The molecule has 0 aromatic rings. The highest BCUT2D eigenvalue weighted by Gasteiger charge is 2.72. The van der Waals surface area contributed by atoms with Crippen molar-refractivity contribution in [3.05, 3.63) is 0 Å². The van der Waals surface area contributed by atoms with Crippen molar-refractivity contribution in [2.45, 2.75) is 30.9 Å². The van der Waals surface area contributed by atoms with E-state index in [0.717, 1.165) is 0 Å². The number of hydrogen-bond donors (Lipinski definition) is 0. The van der Waals surface area contributed by atoms with Crippen molar-refractivity contribution in [3.8, 4) is 0 Å². The Hall–Kier alpha value is -0.920. The van der Waals surface area contributed by atoms with Crippen LogP contribution < -0.4 is 0 Å². The second kappa shape index (κ2) is 4.57. The lowest BCUT2D eigenvalue weighted by atomic mass is 10.5. The summed E-state index contributed by atoms with van der Waals surface area (Å²) in [5.41, 5.74) is 0. The highest BCUT2D eigenvalue weighted by molar-refractivity contribution is 4.73. The van der Waals surface area contributed by atoms with E-state index in [1.54, 1.807) is 0 Å². The molecule has 0 heterocycles. The van der Waals surface area contributed by atoms with Gasteiger partial charge in [0.2, 0.25) is 0 Å². The molecular weight excluding hydrogens is 320 g/mol. The van der Waals surface area contributed by atoms with Gasteiger partial charge in [-0.3, -0.25) is 0 Å². The van der Waals surface area contributed by atoms with Crippen molar-refractivity contribution in [1.82, 2.24) is 0 Å². The summed E-state index contributed by atoms with van der Waals surface area (Å²) >= 11 is 0. The van der Waals surface area contributed by atoms with Crippen molar-refractivity contribution in [2.75, 3.05) is 0 Å². The number of alkyl halides is 12. The van der Waals surface area contributed by atoms with Gasteiger partial charge in [0.05, 0.1) is 0 Å². The van der Waals surface area contributed by atoms with Gasteiger partial charge < -0.3 is 0 Å². The van der Waals surface area contributed by atoms with Gasteiger partial charge in [0.25, 0.3) is 0 Å².